The lowest BCUT2D eigenvalue weighted by Gasteiger charge is -2.52. The van der Waals surface area contributed by atoms with Gasteiger partial charge in [-0.25, -0.2) is 9.86 Å². The molecule has 28 heavy (non-hydrogen) atoms. The van der Waals surface area contributed by atoms with Gasteiger partial charge in [-0.15, -0.1) is 0 Å². The van der Waals surface area contributed by atoms with Crippen LogP contribution in [0.5, 0.6) is 0 Å². The highest BCUT2D eigenvalue weighted by Gasteiger charge is 2.56. The second kappa shape index (κ2) is 8.39. The number of β-lactam (4-membered cyclic amide) rings is 1. The molecule has 1 amide bonds. The van der Waals surface area contributed by atoms with Gasteiger partial charge in [0, 0.05) is 18.0 Å². The van der Waals surface area contributed by atoms with Crippen molar-refractivity contribution in [2.45, 2.75) is 32.7 Å². The number of hydroxylamine groups is 2. The largest absolute Gasteiger partial charge is 0.479 e. The van der Waals surface area contributed by atoms with Crippen molar-refractivity contribution in [3.63, 3.8) is 0 Å². The van der Waals surface area contributed by atoms with E-state index in [1.54, 1.807) is 13.8 Å². The summed E-state index contributed by atoms with van der Waals surface area (Å²) in [5, 5.41) is 13.3. The van der Waals surface area contributed by atoms with Gasteiger partial charge in [0.1, 0.15) is 6.61 Å². The van der Waals surface area contributed by atoms with Gasteiger partial charge in [0.15, 0.2) is 22.4 Å². The van der Waals surface area contributed by atoms with Gasteiger partial charge in [0.25, 0.3) is 5.91 Å². The van der Waals surface area contributed by atoms with E-state index in [9.17, 15) is 19.2 Å². The molecule has 1 aliphatic heterocycles. The molecule has 3 N–H and O–H groups in total. The summed E-state index contributed by atoms with van der Waals surface area (Å²) < 4.78 is 3.87. The summed E-state index contributed by atoms with van der Waals surface area (Å²) in [4.78, 5) is 60.3. The first-order valence-electron chi connectivity index (χ1n) is 8.05. The van der Waals surface area contributed by atoms with E-state index in [1.807, 2.05) is 0 Å². The predicted molar refractivity (Wildman–Crippen MR) is 95.1 cm³/mol. The molecule has 0 aromatic carbocycles. The van der Waals surface area contributed by atoms with Gasteiger partial charge in [-0.2, -0.15) is 9.36 Å². The Hall–Kier alpha value is -2.93. The monoisotopic (exact) mass is 413 g/mol. The van der Waals surface area contributed by atoms with Gasteiger partial charge in [0.2, 0.25) is 12.4 Å². The lowest BCUT2D eigenvalue weighted by atomic mass is 9.74. The maximum Gasteiger partial charge on any atom is 0.344 e. The van der Waals surface area contributed by atoms with E-state index >= 15 is 0 Å². The summed E-state index contributed by atoms with van der Waals surface area (Å²) in [6.07, 6.45) is -0.264. The van der Waals surface area contributed by atoms with Crippen LogP contribution >= 0.6 is 11.5 Å². The lowest BCUT2D eigenvalue weighted by molar-refractivity contribution is -0.264. The third kappa shape index (κ3) is 4.67. The number of ketones is 2. The van der Waals surface area contributed by atoms with Crippen molar-refractivity contribution in [1.82, 2.24) is 14.4 Å². The highest BCUT2D eigenvalue weighted by Crippen LogP contribution is 2.40. The standard InChI is InChI=1S/C15H19N5O7S/c1-7(21)5-27-20-13(25)8(15(20,2)3)4-9(22)11(18-26-6-10(23)24)12-17-14(16)28-19-12/h8H,4-6H2,1-3H3,(H,23,24)(H2,16,17,19)/b18-11+/t8-/m1/s1. The molecule has 2 heterocycles. The summed E-state index contributed by atoms with van der Waals surface area (Å²) >= 11 is 0.823. The van der Waals surface area contributed by atoms with E-state index in [0.29, 0.717) is 0 Å². The Bertz CT molecular complexity index is 835. The van der Waals surface area contributed by atoms with Crippen LogP contribution in [0, 0.1) is 5.92 Å². The number of anilines is 1. The number of amides is 1. The molecule has 1 aromatic rings. The molecule has 1 atom stereocenters. The molecule has 12 nitrogen and oxygen atoms in total. The average Bonchev–Trinajstić information content (AvgIpc) is 3.01. The first-order chi connectivity index (χ1) is 13.0. The summed E-state index contributed by atoms with van der Waals surface area (Å²) in [6, 6.07) is 0. The Morgan fingerprint density at radius 3 is 2.54 bits per heavy atom. The third-order valence-electron chi connectivity index (χ3n) is 3.92. The number of carboxylic acid groups (broad SMARTS) is 1. The minimum Gasteiger partial charge on any atom is -0.479 e. The number of hydrogen-bond acceptors (Lipinski definition) is 11. The van der Waals surface area contributed by atoms with E-state index in [4.69, 9.17) is 15.7 Å². The van der Waals surface area contributed by atoms with Gasteiger partial charge in [-0.1, -0.05) is 5.16 Å². The van der Waals surface area contributed by atoms with Crippen LogP contribution in [0.2, 0.25) is 0 Å². The summed E-state index contributed by atoms with van der Waals surface area (Å²) in [6.45, 7) is 3.67. The summed E-state index contributed by atoms with van der Waals surface area (Å²) in [7, 11) is 0. The van der Waals surface area contributed by atoms with Gasteiger partial charge in [0.05, 0.1) is 11.5 Å². The van der Waals surface area contributed by atoms with Crippen LogP contribution in [-0.2, 0) is 28.9 Å². The molecular weight excluding hydrogens is 394 g/mol. The maximum absolute atomic E-state index is 12.7. The van der Waals surface area contributed by atoms with Gasteiger partial charge < -0.3 is 15.7 Å². The molecule has 0 bridgehead atoms. The smallest absolute Gasteiger partial charge is 0.344 e. The second-order valence-electron chi connectivity index (χ2n) is 6.50. The first kappa shape index (κ1) is 21.4. The van der Waals surface area contributed by atoms with E-state index in [-0.39, 0.29) is 35.5 Å². The molecule has 2 rings (SSSR count). The van der Waals surface area contributed by atoms with Crippen molar-refractivity contribution in [3.05, 3.63) is 5.82 Å². The Morgan fingerprint density at radius 2 is 2.04 bits per heavy atom. The van der Waals surface area contributed by atoms with Gasteiger partial charge in [-0.05, 0) is 20.8 Å². The van der Waals surface area contributed by atoms with Crippen molar-refractivity contribution in [2.75, 3.05) is 18.9 Å². The van der Waals surface area contributed by atoms with Crippen molar-refractivity contribution in [1.29, 1.82) is 0 Å². The number of carboxylic acids is 1. The van der Waals surface area contributed by atoms with Crippen LogP contribution in [0.15, 0.2) is 5.16 Å². The Labute approximate surface area is 163 Å². The van der Waals surface area contributed by atoms with Crippen LogP contribution in [0.25, 0.3) is 0 Å². The van der Waals surface area contributed by atoms with Crippen molar-refractivity contribution in [3.8, 4) is 0 Å². The third-order valence-corrected chi connectivity index (χ3v) is 4.46. The van der Waals surface area contributed by atoms with Crippen molar-refractivity contribution >= 4 is 45.8 Å². The Morgan fingerprint density at radius 1 is 1.36 bits per heavy atom. The molecule has 1 saturated heterocycles. The number of aliphatic carboxylic acids is 1. The zero-order valence-corrected chi connectivity index (χ0v) is 16.2. The highest BCUT2D eigenvalue weighted by molar-refractivity contribution is 7.09. The second-order valence-corrected chi connectivity index (χ2v) is 7.29. The van der Waals surface area contributed by atoms with Crippen LogP contribution in [0.4, 0.5) is 5.13 Å². The molecule has 1 aromatic heterocycles. The van der Waals surface area contributed by atoms with Crippen LogP contribution in [0.1, 0.15) is 33.0 Å². The number of hydrogen-bond donors (Lipinski definition) is 2. The lowest BCUT2D eigenvalue weighted by Crippen LogP contribution is -2.68. The Kier molecular flexibility index (Phi) is 6.41. The zero-order chi connectivity index (χ0) is 21.1. The fraction of sp³-hybridized carbons (Fsp3) is 0.533. The number of rotatable bonds is 10. The normalized spacial score (nSPS) is 18.5. The number of oxime groups is 1. The number of carbonyl (C=O) groups excluding carboxylic acids is 3. The number of nitrogens with two attached hydrogens (primary N) is 1. The molecule has 13 heteroatoms. The van der Waals surface area contributed by atoms with Crippen molar-refractivity contribution in [2.24, 2.45) is 11.1 Å². The number of Topliss-reactive ketones (excluding diaryl/α,β-unsaturated/α-hetero) is 2. The molecule has 0 radical (unpaired) electrons. The van der Waals surface area contributed by atoms with E-state index in [2.05, 4.69) is 19.4 Å². The van der Waals surface area contributed by atoms with E-state index in [1.165, 1.54) is 6.92 Å². The van der Waals surface area contributed by atoms with Gasteiger partial charge in [-0.3, -0.25) is 19.2 Å². The van der Waals surface area contributed by atoms with Crippen LogP contribution in [0.3, 0.4) is 0 Å². The molecule has 0 saturated carbocycles. The van der Waals surface area contributed by atoms with Gasteiger partial charge >= 0.3 is 5.97 Å². The fourth-order valence-corrected chi connectivity index (χ4v) is 2.94. The molecular formula is C15H19N5O7S. The zero-order valence-electron chi connectivity index (χ0n) is 15.4. The molecule has 1 aliphatic rings. The number of aromatic nitrogens is 2. The number of nitrogen functional groups attached to an aromatic ring is 1. The topological polar surface area (TPSA) is 174 Å². The first-order valence-corrected chi connectivity index (χ1v) is 8.82. The fourth-order valence-electron chi connectivity index (χ4n) is 2.51. The maximum atomic E-state index is 12.7. The minimum absolute atomic E-state index is 0.0811. The van der Waals surface area contributed by atoms with E-state index < -0.39 is 35.7 Å². The minimum atomic E-state index is -1.28. The number of carbonyl (C=O) groups is 4. The molecule has 0 spiro atoms. The molecule has 0 unspecified atom stereocenters. The van der Waals surface area contributed by atoms with Crippen molar-refractivity contribution < 1.29 is 34.0 Å². The molecule has 1 fully saturated rings. The molecule has 0 aliphatic carbocycles. The average molecular weight is 413 g/mol. The highest BCUT2D eigenvalue weighted by atomic mass is 32.1. The SMILES string of the molecule is CC(=O)CON1C(=O)[C@@H](CC(=O)/C(=N\OCC(=O)O)c2nsc(N)n2)C1(C)C. The Balaban J connectivity index is 2.14. The van der Waals surface area contributed by atoms with E-state index in [0.717, 1.165) is 16.6 Å². The van der Waals surface area contributed by atoms with Crippen LogP contribution < -0.4 is 5.73 Å². The predicted octanol–water partition coefficient (Wildman–Crippen LogP) is -0.358. The summed E-state index contributed by atoms with van der Waals surface area (Å²) in [5.74, 6) is -3.48. The quantitative estimate of drug-likeness (QED) is 0.293. The molecule has 152 valence electrons. The number of nitrogens with zero attached hydrogens (tertiary/aromatic N) is 4. The van der Waals surface area contributed by atoms with Crippen LogP contribution in [-0.4, -0.2) is 67.4 Å². The summed E-state index contributed by atoms with van der Waals surface area (Å²) in [5.41, 5.74) is 4.34.